The fraction of sp³-hybridized carbons (Fsp3) is 0.471. The third-order valence-electron chi connectivity index (χ3n) is 4.08. The normalized spacial score (nSPS) is 16.6. The van der Waals surface area contributed by atoms with Crippen molar-refractivity contribution in [3.8, 4) is 0 Å². The summed E-state index contributed by atoms with van der Waals surface area (Å²) < 4.78 is 0. The summed E-state index contributed by atoms with van der Waals surface area (Å²) in [6.45, 7) is 4.02. The van der Waals surface area contributed by atoms with Gasteiger partial charge in [0, 0.05) is 23.7 Å². The van der Waals surface area contributed by atoms with Crippen LogP contribution in [0.1, 0.15) is 67.4 Å². The van der Waals surface area contributed by atoms with Crippen LogP contribution in [0.4, 0.5) is 4.79 Å². The molecule has 3 rings (SSSR count). The van der Waals surface area contributed by atoms with Gasteiger partial charge in [0.2, 0.25) is 0 Å². The van der Waals surface area contributed by atoms with Gasteiger partial charge in [-0.2, -0.15) is 0 Å². The molecule has 2 atom stereocenters. The first-order valence-corrected chi connectivity index (χ1v) is 8.97. The van der Waals surface area contributed by atoms with Crippen LogP contribution in [0.25, 0.3) is 0 Å². The summed E-state index contributed by atoms with van der Waals surface area (Å²) in [5.41, 5.74) is 2.01. The molecular weight excluding hydrogens is 308 g/mol. The van der Waals surface area contributed by atoms with Gasteiger partial charge >= 0.3 is 6.03 Å². The largest absolute Gasteiger partial charge is 0.331 e. The van der Waals surface area contributed by atoms with Gasteiger partial charge in [-0.15, -0.1) is 11.3 Å². The Bertz CT molecular complexity index is 654. The average Bonchev–Trinajstić information content (AvgIpc) is 3.30. The zero-order valence-electron chi connectivity index (χ0n) is 13.5. The number of nitrogens with zero attached hydrogens (tertiary/aromatic N) is 2. The fourth-order valence-corrected chi connectivity index (χ4v) is 3.59. The smallest absolute Gasteiger partial charge is 0.315 e. The second kappa shape index (κ2) is 7.08. The molecule has 6 heteroatoms. The zero-order chi connectivity index (χ0) is 16.2. The van der Waals surface area contributed by atoms with Crippen molar-refractivity contribution in [2.45, 2.75) is 51.1 Å². The van der Waals surface area contributed by atoms with Crippen LogP contribution < -0.4 is 10.6 Å². The summed E-state index contributed by atoms with van der Waals surface area (Å²) in [5, 5.41) is 9.27. The van der Waals surface area contributed by atoms with E-state index in [2.05, 4.69) is 32.9 Å². The Hall–Kier alpha value is -1.95. The lowest BCUT2D eigenvalue weighted by atomic mass is 10.1. The Balaban J connectivity index is 1.56. The van der Waals surface area contributed by atoms with E-state index in [9.17, 15) is 4.79 Å². The number of urea groups is 1. The SMILES string of the molecule is CCC(NC(=O)NC(C)c1csc(C2CC2)n1)c1ccncc1. The molecule has 2 heterocycles. The maximum absolute atomic E-state index is 12.3. The summed E-state index contributed by atoms with van der Waals surface area (Å²) in [4.78, 5) is 20.9. The van der Waals surface area contributed by atoms with Crippen LogP contribution in [0.5, 0.6) is 0 Å². The monoisotopic (exact) mass is 330 g/mol. The lowest BCUT2D eigenvalue weighted by molar-refractivity contribution is 0.233. The van der Waals surface area contributed by atoms with Gasteiger partial charge in [-0.1, -0.05) is 6.92 Å². The highest BCUT2D eigenvalue weighted by atomic mass is 32.1. The molecule has 2 aromatic heterocycles. The number of nitrogens with one attached hydrogen (secondary N) is 2. The molecule has 1 saturated carbocycles. The number of hydrogen-bond acceptors (Lipinski definition) is 4. The number of pyridine rings is 1. The fourth-order valence-electron chi connectivity index (χ4n) is 2.50. The molecule has 1 fully saturated rings. The highest BCUT2D eigenvalue weighted by Gasteiger charge is 2.27. The summed E-state index contributed by atoms with van der Waals surface area (Å²) >= 11 is 1.70. The number of rotatable bonds is 6. The average molecular weight is 330 g/mol. The first-order chi connectivity index (χ1) is 11.2. The van der Waals surface area contributed by atoms with Crippen molar-refractivity contribution in [1.29, 1.82) is 0 Å². The second-order valence-electron chi connectivity index (χ2n) is 5.97. The standard InChI is InChI=1S/C17H22N4OS/c1-3-14(12-6-8-18-9-7-12)21-17(22)19-11(2)15-10-23-16(20-15)13-4-5-13/h6-11,13-14H,3-5H2,1-2H3,(H2,19,21,22). The highest BCUT2D eigenvalue weighted by Crippen LogP contribution is 2.41. The minimum Gasteiger partial charge on any atom is -0.331 e. The molecule has 0 aliphatic heterocycles. The predicted molar refractivity (Wildman–Crippen MR) is 91.4 cm³/mol. The van der Waals surface area contributed by atoms with Crippen molar-refractivity contribution < 1.29 is 4.79 Å². The van der Waals surface area contributed by atoms with Gasteiger partial charge in [0.25, 0.3) is 0 Å². The van der Waals surface area contributed by atoms with E-state index >= 15 is 0 Å². The van der Waals surface area contributed by atoms with E-state index in [-0.39, 0.29) is 18.1 Å². The van der Waals surface area contributed by atoms with E-state index in [1.54, 1.807) is 23.7 Å². The summed E-state index contributed by atoms with van der Waals surface area (Å²) in [6, 6.07) is 3.60. The molecule has 0 radical (unpaired) electrons. The molecule has 0 spiro atoms. The molecule has 0 saturated heterocycles. The maximum Gasteiger partial charge on any atom is 0.315 e. The molecule has 0 aromatic carbocycles. The Morgan fingerprint density at radius 3 is 2.74 bits per heavy atom. The molecule has 2 N–H and O–H groups in total. The molecule has 5 nitrogen and oxygen atoms in total. The maximum atomic E-state index is 12.3. The van der Waals surface area contributed by atoms with Crippen molar-refractivity contribution >= 4 is 17.4 Å². The van der Waals surface area contributed by atoms with Gasteiger partial charge in [-0.3, -0.25) is 4.98 Å². The first-order valence-electron chi connectivity index (χ1n) is 8.09. The summed E-state index contributed by atoms with van der Waals surface area (Å²) in [5.74, 6) is 0.658. The van der Waals surface area contributed by atoms with Gasteiger partial charge in [-0.05, 0) is 43.9 Å². The van der Waals surface area contributed by atoms with Crippen LogP contribution in [0, 0.1) is 0 Å². The molecule has 2 amide bonds. The van der Waals surface area contributed by atoms with Crippen molar-refractivity contribution in [2.75, 3.05) is 0 Å². The van der Waals surface area contributed by atoms with E-state index in [1.165, 1.54) is 17.8 Å². The van der Waals surface area contributed by atoms with Crippen molar-refractivity contribution in [3.05, 3.63) is 46.2 Å². The molecule has 122 valence electrons. The van der Waals surface area contributed by atoms with Crippen molar-refractivity contribution in [1.82, 2.24) is 20.6 Å². The Morgan fingerprint density at radius 1 is 1.35 bits per heavy atom. The van der Waals surface area contributed by atoms with Crippen LogP contribution >= 0.6 is 11.3 Å². The molecule has 23 heavy (non-hydrogen) atoms. The van der Waals surface area contributed by atoms with Gasteiger partial charge in [0.05, 0.1) is 22.8 Å². The lowest BCUT2D eigenvalue weighted by Gasteiger charge is -2.19. The van der Waals surface area contributed by atoms with E-state index in [0.29, 0.717) is 5.92 Å². The number of thiazole rings is 1. The Morgan fingerprint density at radius 2 is 2.09 bits per heavy atom. The number of aromatic nitrogens is 2. The molecular formula is C17H22N4OS. The minimum atomic E-state index is -0.165. The first kappa shape index (κ1) is 15.9. The number of carbonyl (C=O) groups is 1. The third kappa shape index (κ3) is 4.07. The van der Waals surface area contributed by atoms with Crippen LogP contribution in [0.3, 0.4) is 0 Å². The Labute approximate surface area is 140 Å². The topological polar surface area (TPSA) is 66.9 Å². The minimum absolute atomic E-state index is 0.0114. The van der Waals surface area contributed by atoms with Gasteiger partial charge < -0.3 is 10.6 Å². The van der Waals surface area contributed by atoms with E-state index in [0.717, 1.165) is 17.7 Å². The molecule has 1 aliphatic carbocycles. The predicted octanol–water partition coefficient (Wildman–Crippen LogP) is 3.93. The van der Waals surface area contributed by atoms with Crippen LogP contribution in [0.15, 0.2) is 29.9 Å². The van der Waals surface area contributed by atoms with Crippen molar-refractivity contribution in [2.24, 2.45) is 0 Å². The second-order valence-corrected chi connectivity index (χ2v) is 6.86. The number of amides is 2. The number of carbonyl (C=O) groups excluding carboxylic acids is 1. The van der Waals surface area contributed by atoms with Crippen LogP contribution in [-0.4, -0.2) is 16.0 Å². The Kier molecular flexibility index (Phi) is 4.91. The zero-order valence-corrected chi connectivity index (χ0v) is 14.3. The quantitative estimate of drug-likeness (QED) is 0.843. The van der Waals surface area contributed by atoms with Gasteiger partial charge in [0.15, 0.2) is 0 Å². The van der Waals surface area contributed by atoms with Gasteiger partial charge in [0.1, 0.15) is 0 Å². The van der Waals surface area contributed by atoms with Crippen molar-refractivity contribution in [3.63, 3.8) is 0 Å². The van der Waals surface area contributed by atoms with E-state index in [4.69, 9.17) is 0 Å². The van der Waals surface area contributed by atoms with Crippen LogP contribution in [0.2, 0.25) is 0 Å². The lowest BCUT2D eigenvalue weighted by Crippen LogP contribution is -2.39. The molecule has 2 unspecified atom stereocenters. The van der Waals surface area contributed by atoms with E-state index in [1.807, 2.05) is 19.1 Å². The summed E-state index contributed by atoms with van der Waals surface area (Å²) in [6.07, 6.45) is 6.82. The van der Waals surface area contributed by atoms with Gasteiger partial charge in [-0.25, -0.2) is 9.78 Å². The van der Waals surface area contributed by atoms with E-state index < -0.39 is 0 Å². The molecule has 2 aromatic rings. The third-order valence-corrected chi connectivity index (χ3v) is 5.11. The molecule has 0 bridgehead atoms. The van der Waals surface area contributed by atoms with Crippen LogP contribution in [-0.2, 0) is 0 Å². The highest BCUT2D eigenvalue weighted by molar-refractivity contribution is 7.09. The molecule has 1 aliphatic rings. The summed E-state index contributed by atoms with van der Waals surface area (Å²) in [7, 11) is 0. The number of hydrogen-bond donors (Lipinski definition) is 2.